The normalized spacial score (nSPS) is 13.1. The zero-order valence-electron chi connectivity index (χ0n) is 7.65. The van der Waals surface area contributed by atoms with Crippen molar-refractivity contribution in [2.45, 2.75) is 0 Å². The van der Waals surface area contributed by atoms with Crippen molar-refractivity contribution < 1.29 is 13.9 Å². The Morgan fingerprint density at radius 2 is 2.07 bits per heavy atom. The van der Waals surface area contributed by atoms with Gasteiger partial charge in [-0.05, 0) is 30.4 Å². The molecule has 0 bridgehead atoms. The molecule has 0 spiro atoms. The van der Waals surface area contributed by atoms with E-state index >= 15 is 0 Å². The van der Waals surface area contributed by atoms with Gasteiger partial charge in [0.1, 0.15) is 6.26 Å². The molecule has 15 heavy (non-hydrogen) atoms. The maximum Gasteiger partial charge on any atom is 0.266 e. The molecular weight excluding hydrogens is 214 g/mol. The maximum absolute atomic E-state index is 5.27. The lowest BCUT2D eigenvalue weighted by atomic mass is 10.1. The van der Waals surface area contributed by atoms with Crippen molar-refractivity contribution in [1.29, 1.82) is 0 Å². The van der Waals surface area contributed by atoms with Crippen LogP contribution in [-0.2, 0) is 0 Å². The third-order valence-electron chi connectivity index (χ3n) is 2.20. The van der Waals surface area contributed by atoms with Crippen molar-refractivity contribution in [2.75, 3.05) is 6.79 Å². The van der Waals surface area contributed by atoms with E-state index in [2.05, 4.69) is 4.98 Å². The van der Waals surface area contributed by atoms with Crippen LogP contribution in [-0.4, -0.2) is 11.8 Å². The quantitative estimate of drug-likeness (QED) is 0.752. The zero-order valence-corrected chi connectivity index (χ0v) is 8.47. The number of rotatable bonds is 1. The minimum Gasteiger partial charge on any atom is -0.454 e. The van der Waals surface area contributed by atoms with E-state index in [0.29, 0.717) is 4.84 Å². The number of hydrogen-bond acceptors (Lipinski definition) is 4. The number of aromatic nitrogens is 1. The van der Waals surface area contributed by atoms with Crippen LogP contribution in [0.25, 0.3) is 11.3 Å². The molecule has 2 aromatic rings. The number of ether oxygens (including phenoxy) is 2. The van der Waals surface area contributed by atoms with E-state index in [1.54, 1.807) is 6.26 Å². The molecule has 0 fully saturated rings. The number of fused-ring (bicyclic) bond motifs is 1. The summed E-state index contributed by atoms with van der Waals surface area (Å²) in [5.41, 5.74) is 1.79. The van der Waals surface area contributed by atoms with Gasteiger partial charge in [-0.15, -0.1) is 0 Å². The number of benzene rings is 1. The SMILES string of the molecule is S=c1[nH]c(-c2ccc3c(c2)OCO3)co1. The number of hydrogen-bond donors (Lipinski definition) is 1. The first kappa shape index (κ1) is 8.55. The summed E-state index contributed by atoms with van der Waals surface area (Å²) < 4.78 is 15.5. The lowest BCUT2D eigenvalue weighted by Crippen LogP contribution is -1.92. The predicted octanol–water partition coefficient (Wildman–Crippen LogP) is 2.73. The van der Waals surface area contributed by atoms with Crippen molar-refractivity contribution >= 4 is 12.2 Å². The number of aromatic amines is 1. The Kier molecular flexibility index (Phi) is 1.78. The molecule has 2 heterocycles. The standard InChI is InChI=1S/C10H7NO3S/c15-10-11-7(4-12-10)6-1-2-8-9(3-6)14-5-13-8/h1-4H,5H2,(H,11,15). The highest BCUT2D eigenvalue weighted by molar-refractivity contribution is 7.71. The Balaban J connectivity index is 2.10. The Morgan fingerprint density at radius 1 is 1.20 bits per heavy atom. The summed E-state index contributed by atoms with van der Waals surface area (Å²) in [6, 6.07) is 5.67. The van der Waals surface area contributed by atoms with Gasteiger partial charge in [-0.3, -0.25) is 0 Å². The van der Waals surface area contributed by atoms with Gasteiger partial charge in [0.15, 0.2) is 11.5 Å². The molecule has 0 amide bonds. The van der Waals surface area contributed by atoms with Gasteiger partial charge in [0.05, 0.1) is 5.69 Å². The molecule has 3 rings (SSSR count). The molecule has 0 saturated heterocycles. The molecule has 1 aliphatic heterocycles. The monoisotopic (exact) mass is 221 g/mol. The van der Waals surface area contributed by atoms with Gasteiger partial charge in [-0.1, -0.05) is 0 Å². The van der Waals surface area contributed by atoms with Crippen LogP contribution in [0.15, 0.2) is 28.9 Å². The molecule has 1 N–H and O–H groups in total. The van der Waals surface area contributed by atoms with Crippen molar-refractivity contribution in [3.8, 4) is 22.8 Å². The van der Waals surface area contributed by atoms with E-state index in [9.17, 15) is 0 Å². The van der Waals surface area contributed by atoms with Crippen LogP contribution in [0, 0.1) is 4.84 Å². The topological polar surface area (TPSA) is 47.4 Å². The number of H-pyrrole nitrogens is 1. The lowest BCUT2D eigenvalue weighted by molar-refractivity contribution is 0.174. The third kappa shape index (κ3) is 1.41. The molecule has 1 aromatic heterocycles. The van der Waals surface area contributed by atoms with Gasteiger partial charge in [-0.25, -0.2) is 0 Å². The molecule has 0 saturated carbocycles. The molecule has 4 nitrogen and oxygen atoms in total. The minimum absolute atomic E-state index is 0.278. The molecule has 0 aliphatic carbocycles. The molecule has 1 aliphatic rings. The van der Waals surface area contributed by atoms with Gasteiger partial charge in [-0.2, -0.15) is 0 Å². The first-order valence-electron chi connectivity index (χ1n) is 4.41. The van der Waals surface area contributed by atoms with Crippen LogP contribution in [0.4, 0.5) is 0 Å². The molecule has 5 heteroatoms. The molecule has 0 unspecified atom stereocenters. The van der Waals surface area contributed by atoms with Crippen LogP contribution in [0.1, 0.15) is 0 Å². The highest BCUT2D eigenvalue weighted by Gasteiger charge is 2.14. The Hall–Kier alpha value is -1.75. The summed E-state index contributed by atoms with van der Waals surface area (Å²) in [7, 11) is 0. The van der Waals surface area contributed by atoms with E-state index in [4.69, 9.17) is 26.1 Å². The smallest absolute Gasteiger partial charge is 0.266 e. The number of nitrogens with one attached hydrogen (secondary N) is 1. The summed E-state index contributed by atoms with van der Waals surface area (Å²) >= 11 is 4.85. The third-order valence-corrected chi connectivity index (χ3v) is 2.40. The fraction of sp³-hybridized carbons (Fsp3) is 0.100. The van der Waals surface area contributed by atoms with E-state index in [-0.39, 0.29) is 6.79 Å². The molecule has 76 valence electrons. The van der Waals surface area contributed by atoms with E-state index in [1.807, 2.05) is 18.2 Å². The minimum atomic E-state index is 0.278. The van der Waals surface area contributed by atoms with Crippen molar-refractivity contribution in [1.82, 2.24) is 4.98 Å². The van der Waals surface area contributed by atoms with Gasteiger partial charge in [0, 0.05) is 5.56 Å². The second kappa shape index (κ2) is 3.13. The van der Waals surface area contributed by atoms with Gasteiger partial charge < -0.3 is 18.9 Å². The second-order valence-electron chi connectivity index (χ2n) is 3.13. The van der Waals surface area contributed by atoms with Crippen molar-refractivity contribution in [3.63, 3.8) is 0 Å². The van der Waals surface area contributed by atoms with Crippen molar-refractivity contribution in [2.24, 2.45) is 0 Å². The van der Waals surface area contributed by atoms with Gasteiger partial charge in [0.25, 0.3) is 4.84 Å². The first-order valence-corrected chi connectivity index (χ1v) is 4.81. The largest absolute Gasteiger partial charge is 0.454 e. The van der Waals surface area contributed by atoms with E-state index < -0.39 is 0 Å². The molecule has 1 aromatic carbocycles. The Bertz CT molecular complexity index is 558. The van der Waals surface area contributed by atoms with Crippen LogP contribution in [0.2, 0.25) is 0 Å². The summed E-state index contributed by atoms with van der Waals surface area (Å²) in [5.74, 6) is 1.51. The Labute approximate surface area is 90.4 Å². The average Bonchev–Trinajstić information content (AvgIpc) is 2.84. The van der Waals surface area contributed by atoms with Crippen LogP contribution in [0.5, 0.6) is 11.5 Å². The molecule has 0 radical (unpaired) electrons. The fourth-order valence-electron chi connectivity index (χ4n) is 1.49. The van der Waals surface area contributed by atoms with Crippen LogP contribution < -0.4 is 9.47 Å². The van der Waals surface area contributed by atoms with Crippen LogP contribution in [0.3, 0.4) is 0 Å². The van der Waals surface area contributed by atoms with Gasteiger partial charge >= 0.3 is 0 Å². The van der Waals surface area contributed by atoms with Gasteiger partial charge in [0.2, 0.25) is 6.79 Å². The predicted molar refractivity (Wildman–Crippen MR) is 55.5 cm³/mol. The summed E-state index contributed by atoms with van der Waals surface area (Å²) in [5, 5.41) is 0. The summed E-state index contributed by atoms with van der Waals surface area (Å²) in [4.78, 5) is 3.30. The molecule has 0 atom stereocenters. The average molecular weight is 221 g/mol. The molecular formula is C10H7NO3S. The summed E-state index contributed by atoms with van der Waals surface area (Å²) in [6.07, 6.45) is 1.58. The summed E-state index contributed by atoms with van der Waals surface area (Å²) in [6.45, 7) is 0.278. The number of oxazole rings is 1. The van der Waals surface area contributed by atoms with E-state index in [1.165, 1.54) is 0 Å². The fourth-order valence-corrected chi connectivity index (χ4v) is 1.64. The highest BCUT2D eigenvalue weighted by atomic mass is 32.1. The van der Waals surface area contributed by atoms with Crippen LogP contribution >= 0.6 is 12.2 Å². The first-order chi connectivity index (χ1) is 7.33. The van der Waals surface area contributed by atoms with E-state index in [0.717, 1.165) is 22.8 Å². The van der Waals surface area contributed by atoms with Crippen molar-refractivity contribution in [3.05, 3.63) is 29.3 Å². The lowest BCUT2D eigenvalue weighted by Gasteiger charge is -1.98. The Morgan fingerprint density at radius 3 is 2.87 bits per heavy atom. The zero-order chi connectivity index (χ0) is 10.3. The second-order valence-corrected chi connectivity index (χ2v) is 3.50. The highest BCUT2D eigenvalue weighted by Crippen LogP contribution is 2.35. The maximum atomic E-state index is 5.27.